The van der Waals surface area contributed by atoms with Gasteiger partial charge in [-0.1, -0.05) is 11.6 Å². The van der Waals surface area contributed by atoms with Gasteiger partial charge in [0.05, 0.1) is 47.2 Å². The van der Waals surface area contributed by atoms with Crippen molar-refractivity contribution in [3.8, 4) is 5.75 Å². The number of halogens is 4. The lowest BCUT2D eigenvalue weighted by molar-refractivity contribution is -0.137. The topological polar surface area (TPSA) is 122 Å². The van der Waals surface area contributed by atoms with Crippen LogP contribution in [-0.4, -0.2) is 79.3 Å². The Morgan fingerprint density at radius 3 is 2.32 bits per heavy atom. The zero-order chi connectivity index (χ0) is 28.1. The summed E-state index contributed by atoms with van der Waals surface area (Å²) in [4.78, 5) is 12.5. The molecule has 2 aromatic carbocycles. The maximum absolute atomic E-state index is 13.1. The van der Waals surface area contributed by atoms with Gasteiger partial charge in [-0.05, 0) is 42.5 Å². The Balaban J connectivity index is 1.56. The molecule has 1 aliphatic rings. The number of anilines is 1. The van der Waals surface area contributed by atoms with E-state index in [1.54, 1.807) is 0 Å². The number of benzene rings is 2. The van der Waals surface area contributed by atoms with E-state index in [9.17, 15) is 34.8 Å². The van der Waals surface area contributed by atoms with Crippen LogP contribution in [0.25, 0.3) is 0 Å². The molecule has 0 aliphatic carbocycles. The van der Waals surface area contributed by atoms with Gasteiger partial charge in [-0.3, -0.25) is 9.10 Å². The molecule has 0 aromatic heterocycles. The number of hydrogen-bond acceptors (Lipinski definition) is 7. The Hall–Kier alpha value is -2.59. The van der Waals surface area contributed by atoms with Gasteiger partial charge in [0.25, 0.3) is 0 Å². The fraction of sp³-hybridized carbons (Fsp3) is 0.409. The molecule has 1 amide bonds. The first kappa shape index (κ1) is 30.0. The van der Waals surface area contributed by atoms with Crippen LogP contribution in [0.4, 0.5) is 18.9 Å². The molecule has 1 fully saturated rings. The molecule has 0 atom stereocenters. The average Bonchev–Trinajstić information content (AvgIpc) is 2.85. The number of rotatable bonds is 10. The molecule has 16 heteroatoms. The second-order valence-electron chi connectivity index (χ2n) is 8.12. The lowest BCUT2D eigenvalue weighted by atomic mass is 10.2. The minimum atomic E-state index is -4.74. The number of alkyl halides is 3. The molecule has 0 unspecified atom stereocenters. The Labute approximate surface area is 223 Å². The van der Waals surface area contributed by atoms with Crippen LogP contribution in [0.15, 0.2) is 47.4 Å². The summed E-state index contributed by atoms with van der Waals surface area (Å²) in [6.07, 6.45) is -4.00. The second kappa shape index (κ2) is 12.1. The van der Waals surface area contributed by atoms with Crippen molar-refractivity contribution in [1.29, 1.82) is 0 Å². The van der Waals surface area contributed by atoms with E-state index in [-0.39, 0.29) is 36.2 Å². The highest BCUT2D eigenvalue weighted by atomic mass is 35.5. The van der Waals surface area contributed by atoms with Crippen molar-refractivity contribution in [2.24, 2.45) is 0 Å². The lowest BCUT2D eigenvalue weighted by Crippen LogP contribution is -2.41. The van der Waals surface area contributed by atoms with Crippen molar-refractivity contribution in [1.82, 2.24) is 9.62 Å². The summed E-state index contributed by atoms with van der Waals surface area (Å²) < 4.78 is 101. The van der Waals surface area contributed by atoms with Crippen LogP contribution in [0.5, 0.6) is 5.75 Å². The van der Waals surface area contributed by atoms with Crippen LogP contribution < -0.4 is 14.4 Å². The average molecular weight is 600 g/mol. The number of hydrogen-bond donors (Lipinski definition) is 1. The van der Waals surface area contributed by atoms with Gasteiger partial charge in [-0.25, -0.2) is 16.8 Å². The minimum absolute atomic E-state index is 0.0511. The summed E-state index contributed by atoms with van der Waals surface area (Å²) >= 11 is 5.94. The van der Waals surface area contributed by atoms with Crippen LogP contribution in [-0.2, 0) is 35.8 Å². The summed E-state index contributed by atoms with van der Waals surface area (Å²) in [5, 5.41) is 2.14. The molecule has 10 nitrogen and oxygen atoms in total. The summed E-state index contributed by atoms with van der Waals surface area (Å²) in [6, 6.07) is 7.85. The van der Waals surface area contributed by atoms with E-state index in [2.05, 4.69) is 5.32 Å². The Kier molecular flexibility index (Phi) is 9.52. The van der Waals surface area contributed by atoms with Gasteiger partial charge in [0.15, 0.2) is 0 Å². The fourth-order valence-electron chi connectivity index (χ4n) is 3.45. The molecule has 1 heterocycles. The maximum Gasteiger partial charge on any atom is 0.416 e. The molecule has 0 saturated carbocycles. The molecule has 38 heavy (non-hydrogen) atoms. The van der Waals surface area contributed by atoms with Crippen LogP contribution in [0, 0.1) is 0 Å². The maximum atomic E-state index is 13.1. The molecule has 210 valence electrons. The van der Waals surface area contributed by atoms with Gasteiger partial charge >= 0.3 is 6.18 Å². The van der Waals surface area contributed by atoms with Gasteiger partial charge in [-0.15, -0.1) is 0 Å². The first-order chi connectivity index (χ1) is 17.7. The molecule has 3 rings (SSSR count). The number of carbonyl (C=O) groups is 1. The van der Waals surface area contributed by atoms with Crippen molar-refractivity contribution < 1.29 is 44.3 Å². The summed E-state index contributed by atoms with van der Waals surface area (Å²) in [6.45, 7) is 0.231. The Morgan fingerprint density at radius 2 is 1.74 bits per heavy atom. The molecular formula is C22H25ClF3N3O7S2. The van der Waals surface area contributed by atoms with Gasteiger partial charge in [0, 0.05) is 13.1 Å². The summed E-state index contributed by atoms with van der Waals surface area (Å²) in [5.41, 5.74) is -1.61. The predicted octanol–water partition coefficient (Wildman–Crippen LogP) is 2.34. The molecule has 0 bridgehead atoms. The van der Waals surface area contributed by atoms with E-state index in [4.69, 9.17) is 21.1 Å². The summed E-state index contributed by atoms with van der Waals surface area (Å²) in [7, 11) is -7.83. The zero-order valence-electron chi connectivity index (χ0n) is 20.1. The number of nitrogens with zero attached hydrogens (tertiary/aromatic N) is 2. The first-order valence-electron chi connectivity index (χ1n) is 11.1. The third-order valence-corrected chi connectivity index (χ3v) is 8.71. The standard InChI is InChI=1S/C22H25ClF3N3O7S2/c1-37(31,32)29(20-14-16(22(24,25)26)2-7-19(20)23)15-21(30)27-8-11-36-17-3-5-18(6-4-17)38(33,34)28-9-12-35-13-10-28/h2-7,14H,8-13,15H2,1H3,(H,27,30). The zero-order valence-corrected chi connectivity index (χ0v) is 22.5. The molecule has 0 spiro atoms. The molecule has 0 radical (unpaired) electrons. The fourth-order valence-corrected chi connectivity index (χ4v) is 5.99. The van der Waals surface area contributed by atoms with Crippen LogP contribution >= 0.6 is 11.6 Å². The van der Waals surface area contributed by atoms with Crippen molar-refractivity contribution in [2.45, 2.75) is 11.1 Å². The molecule has 1 N–H and O–H groups in total. The number of morpholine rings is 1. The van der Waals surface area contributed by atoms with Gasteiger partial charge in [0.1, 0.15) is 18.9 Å². The van der Waals surface area contributed by atoms with E-state index in [0.717, 1.165) is 12.3 Å². The SMILES string of the molecule is CS(=O)(=O)N(CC(=O)NCCOc1ccc(S(=O)(=O)N2CCOCC2)cc1)c1cc(C(F)(F)F)ccc1Cl. The van der Waals surface area contributed by atoms with Crippen molar-refractivity contribution in [3.05, 3.63) is 53.1 Å². The molecule has 1 aliphatic heterocycles. The van der Waals surface area contributed by atoms with Gasteiger partial charge in [0.2, 0.25) is 26.0 Å². The van der Waals surface area contributed by atoms with Gasteiger partial charge < -0.3 is 14.8 Å². The van der Waals surface area contributed by atoms with Crippen molar-refractivity contribution in [3.63, 3.8) is 0 Å². The van der Waals surface area contributed by atoms with Crippen LogP contribution in [0.3, 0.4) is 0 Å². The molecule has 2 aromatic rings. The lowest BCUT2D eigenvalue weighted by Gasteiger charge is -2.26. The van der Waals surface area contributed by atoms with E-state index < -0.39 is 49.9 Å². The highest BCUT2D eigenvalue weighted by Gasteiger charge is 2.33. The van der Waals surface area contributed by atoms with E-state index in [1.807, 2.05) is 0 Å². The minimum Gasteiger partial charge on any atom is -0.492 e. The summed E-state index contributed by atoms with van der Waals surface area (Å²) in [5.74, 6) is -0.479. The van der Waals surface area contributed by atoms with E-state index >= 15 is 0 Å². The Bertz CT molecular complexity index is 1350. The number of sulfonamides is 2. The van der Waals surface area contributed by atoms with Crippen LogP contribution in [0.1, 0.15) is 5.56 Å². The highest BCUT2D eigenvalue weighted by molar-refractivity contribution is 7.92. The van der Waals surface area contributed by atoms with E-state index in [0.29, 0.717) is 35.4 Å². The molecular weight excluding hydrogens is 575 g/mol. The highest BCUT2D eigenvalue weighted by Crippen LogP contribution is 2.36. The third kappa shape index (κ3) is 7.72. The third-order valence-electron chi connectivity index (χ3n) is 5.35. The van der Waals surface area contributed by atoms with Crippen molar-refractivity contribution >= 4 is 43.2 Å². The van der Waals surface area contributed by atoms with Crippen molar-refractivity contribution in [2.75, 3.05) is 56.6 Å². The number of nitrogens with one attached hydrogen (secondary N) is 1. The van der Waals surface area contributed by atoms with Gasteiger partial charge in [-0.2, -0.15) is 17.5 Å². The normalized spacial score (nSPS) is 15.2. The predicted molar refractivity (Wildman–Crippen MR) is 133 cm³/mol. The number of amides is 1. The molecule has 1 saturated heterocycles. The quantitative estimate of drug-likeness (QED) is 0.416. The monoisotopic (exact) mass is 599 g/mol. The Morgan fingerprint density at radius 1 is 1.11 bits per heavy atom. The van der Waals surface area contributed by atoms with E-state index in [1.165, 1.54) is 28.6 Å². The number of ether oxygens (including phenoxy) is 2. The second-order valence-corrected chi connectivity index (χ2v) is 12.4. The largest absolute Gasteiger partial charge is 0.492 e. The van der Waals surface area contributed by atoms with Crippen LogP contribution in [0.2, 0.25) is 5.02 Å². The smallest absolute Gasteiger partial charge is 0.416 e. The first-order valence-corrected chi connectivity index (χ1v) is 14.8. The number of carbonyl (C=O) groups excluding carboxylic acids is 1.